The van der Waals surface area contributed by atoms with Crippen LogP contribution in [0.3, 0.4) is 0 Å². The maximum absolute atomic E-state index is 13.4. The van der Waals surface area contributed by atoms with Gasteiger partial charge in [-0.3, -0.25) is 33.6 Å². The van der Waals surface area contributed by atoms with Gasteiger partial charge < -0.3 is 48.5 Å². The molecule has 16 heteroatoms. The molecule has 11 N–H and O–H groups in total. The number of rotatable bonds is 13. The smallest absolute Gasteiger partial charge is 0.303 e. The van der Waals surface area contributed by atoms with E-state index in [9.17, 15) is 38.7 Å². The second-order valence-corrected chi connectivity index (χ2v) is 10.6. The molecule has 0 spiro atoms. The van der Waals surface area contributed by atoms with Crippen LogP contribution in [0.15, 0.2) is 0 Å². The molecule has 0 saturated carbocycles. The topological polar surface area (TPSA) is 264 Å². The molecule has 5 atom stereocenters. The van der Waals surface area contributed by atoms with Crippen molar-refractivity contribution < 1.29 is 38.7 Å². The van der Waals surface area contributed by atoms with Gasteiger partial charge in [-0.2, -0.15) is 0 Å². The van der Waals surface area contributed by atoms with Gasteiger partial charge in [0.25, 0.3) is 0 Å². The molecule has 0 bridgehead atoms. The molecular weight excluding hydrogens is 564 g/mol. The number of hydrogen-bond acceptors (Lipinski definition) is 9. The van der Waals surface area contributed by atoms with Gasteiger partial charge in [0.2, 0.25) is 35.4 Å². The van der Waals surface area contributed by atoms with Crippen LogP contribution in [-0.2, 0) is 33.6 Å². The third-order valence-electron chi connectivity index (χ3n) is 7.12. The van der Waals surface area contributed by atoms with Crippen molar-refractivity contribution >= 4 is 41.4 Å². The van der Waals surface area contributed by atoms with Crippen molar-refractivity contribution in [1.82, 2.24) is 31.9 Å². The Kier molecular flexibility index (Phi) is 17.5. The molecule has 1 aliphatic rings. The Hall–Kier alpha value is -3.79. The van der Waals surface area contributed by atoms with Crippen molar-refractivity contribution in [3.8, 4) is 0 Å². The Morgan fingerprint density at radius 1 is 0.721 bits per heavy atom. The molecule has 43 heavy (non-hydrogen) atoms. The summed E-state index contributed by atoms with van der Waals surface area (Å²) in [5, 5.41) is 24.4. The van der Waals surface area contributed by atoms with E-state index in [1.165, 1.54) is 0 Å². The average Bonchev–Trinajstić information content (AvgIpc) is 2.97. The summed E-state index contributed by atoms with van der Waals surface area (Å²) in [6.45, 7) is 3.30. The number of carboxylic acid groups (broad SMARTS) is 1. The lowest BCUT2D eigenvalue weighted by Crippen LogP contribution is -2.60. The molecule has 0 aliphatic carbocycles. The minimum Gasteiger partial charge on any atom is -0.481 e. The summed E-state index contributed by atoms with van der Waals surface area (Å²) in [6.07, 6.45) is 2.08. The van der Waals surface area contributed by atoms with Crippen LogP contribution in [-0.4, -0.2) is 96.9 Å². The van der Waals surface area contributed by atoms with Gasteiger partial charge in [0, 0.05) is 6.42 Å². The van der Waals surface area contributed by atoms with E-state index in [2.05, 4.69) is 31.9 Å². The van der Waals surface area contributed by atoms with E-state index < -0.39 is 85.1 Å². The van der Waals surface area contributed by atoms with Gasteiger partial charge in [-0.15, -0.1) is 0 Å². The first kappa shape index (κ1) is 37.2. The number of nitrogens with two attached hydrogens (primary N) is 2. The van der Waals surface area contributed by atoms with Crippen LogP contribution in [0.2, 0.25) is 0 Å². The second kappa shape index (κ2) is 20.2. The summed E-state index contributed by atoms with van der Waals surface area (Å²) in [5.74, 6) is -5.72. The number of aliphatic carboxylic acids is 1. The van der Waals surface area contributed by atoms with Crippen molar-refractivity contribution in [2.24, 2.45) is 17.4 Å². The highest BCUT2D eigenvalue weighted by molar-refractivity contribution is 5.97. The number of hydrogen-bond donors (Lipinski definition) is 9. The molecule has 0 unspecified atom stereocenters. The van der Waals surface area contributed by atoms with Crippen LogP contribution >= 0.6 is 0 Å². The zero-order valence-electron chi connectivity index (χ0n) is 25.0. The molecule has 6 amide bonds. The molecular formula is C27H48N8O8. The first-order valence-corrected chi connectivity index (χ1v) is 14.8. The summed E-state index contributed by atoms with van der Waals surface area (Å²) in [4.78, 5) is 89.3. The van der Waals surface area contributed by atoms with Crippen LogP contribution in [0.1, 0.15) is 71.6 Å². The molecule has 1 fully saturated rings. The Morgan fingerprint density at radius 2 is 1.21 bits per heavy atom. The minimum atomic E-state index is -1.35. The lowest BCUT2D eigenvalue weighted by atomic mass is 9.97. The summed E-state index contributed by atoms with van der Waals surface area (Å²) >= 11 is 0. The molecule has 1 rings (SSSR count). The van der Waals surface area contributed by atoms with Gasteiger partial charge in [0.05, 0.1) is 13.1 Å². The predicted molar refractivity (Wildman–Crippen MR) is 156 cm³/mol. The molecule has 0 aromatic carbocycles. The molecule has 16 nitrogen and oxygen atoms in total. The highest BCUT2D eigenvalue weighted by Gasteiger charge is 2.33. The van der Waals surface area contributed by atoms with Crippen LogP contribution in [0.5, 0.6) is 0 Å². The normalized spacial score (nSPS) is 23.8. The fraction of sp³-hybridized carbons (Fsp3) is 0.741. The molecule has 1 heterocycles. The maximum atomic E-state index is 13.4. The van der Waals surface area contributed by atoms with Gasteiger partial charge >= 0.3 is 5.97 Å². The van der Waals surface area contributed by atoms with Crippen LogP contribution in [0, 0.1) is 5.92 Å². The molecule has 1 aliphatic heterocycles. The van der Waals surface area contributed by atoms with Crippen molar-refractivity contribution in [2.75, 3.05) is 26.2 Å². The van der Waals surface area contributed by atoms with E-state index in [1.807, 2.05) is 6.92 Å². The monoisotopic (exact) mass is 612 g/mol. The van der Waals surface area contributed by atoms with Gasteiger partial charge in [0.1, 0.15) is 24.2 Å². The average molecular weight is 613 g/mol. The van der Waals surface area contributed by atoms with Gasteiger partial charge in [-0.1, -0.05) is 20.3 Å². The van der Waals surface area contributed by atoms with Crippen molar-refractivity contribution in [1.29, 1.82) is 0 Å². The summed E-state index contributed by atoms with van der Waals surface area (Å²) < 4.78 is 0. The van der Waals surface area contributed by atoms with E-state index >= 15 is 0 Å². The fourth-order valence-corrected chi connectivity index (χ4v) is 4.32. The van der Waals surface area contributed by atoms with E-state index in [-0.39, 0.29) is 25.2 Å². The Balaban J connectivity index is 3.42. The number of unbranched alkanes of at least 4 members (excludes halogenated alkanes) is 2. The Morgan fingerprint density at radius 3 is 1.72 bits per heavy atom. The third kappa shape index (κ3) is 14.3. The lowest BCUT2D eigenvalue weighted by molar-refractivity contribution is -0.138. The van der Waals surface area contributed by atoms with Gasteiger partial charge in [0.15, 0.2) is 0 Å². The first-order chi connectivity index (χ1) is 20.4. The SMILES string of the molecule is CC[C@H](C)[C@@H]1NC(=O)[C@H](CCCCN)NC(=O)[C@H](CCC(=O)O)NC(=O)[C@H](CCCCN)NC(=O)CNC(=O)CNC1=O. The fourth-order valence-electron chi connectivity index (χ4n) is 4.32. The Bertz CT molecular complexity index is 979. The molecule has 0 aromatic heterocycles. The van der Waals surface area contributed by atoms with Crippen molar-refractivity contribution in [2.45, 2.75) is 95.8 Å². The number of carbonyl (C=O) groups is 7. The zero-order chi connectivity index (χ0) is 32.4. The second-order valence-electron chi connectivity index (χ2n) is 10.6. The molecule has 0 aromatic rings. The number of carboxylic acids is 1. The van der Waals surface area contributed by atoms with Crippen LogP contribution < -0.4 is 43.4 Å². The zero-order valence-corrected chi connectivity index (χ0v) is 25.0. The van der Waals surface area contributed by atoms with Crippen LogP contribution in [0.4, 0.5) is 0 Å². The van der Waals surface area contributed by atoms with E-state index in [4.69, 9.17) is 11.5 Å². The summed E-state index contributed by atoms with van der Waals surface area (Å²) in [7, 11) is 0. The number of carbonyl (C=O) groups excluding carboxylic acids is 6. The third-order valence-corrected chi connectivity index (χ3v) is 7.12. The van der Waals surface area contributed by atoms with Crippen molar-refractivity contribution in [3.63, 3.8) is 0 Å². The minimum absolute atomic E-state index is 0.156. The molecule has 244 valence electrons. The summed E-state index contributed by atoms with van der Waals surface area (Å²) in [6, 6.07) is -4.65. The van der Waals surface area contributed by atoms with Gasteiger partial charge in [-0.25, -0.2) is 0 Å². The van der Waals surface area contributed by atoms with E-state index in [1.54, 1.807) is 6.92 Å². The quantitative estimate of drug-likeness (QED) is 0.0974. The van der Waals surface area contributed by atoms with Crippen molar-refractivity contribution in [3.05, 3.63) is 0 Å². The van der Waals surface area contributed by atoms with E-state index in [0.717, 1.165) is 0 Å². The molecule has 0 radical (unpaired) electrons. The first-order valence-electron chi connectivity index (χ1n) is 14.8. The van der Waals surface area contributed by atoms with E-state index in [0.29, 0.717) is 45.2 Å². The van der Waals surface area contributed by atoms with Crippen LogP contribution in [0.25, 0.3) is 0 Å². The largest absolute Gasteiger partial charge is 0.481 e. The summed E-state index contributed by atoms with van der Waals surface area (Å²) in [5.41, 5.74) is 11.1. The number of amides is 6. The highest BCUT2D eigenvalue weighted by atomic mass is 16.4. The number of nitrogens with one attached hydrogen (secondary N) is 6. The molecule has 1 saturated heterocycles. The van der Waals surface area contributed by atoms with Gasteiger partial charge in [-0.05, 0) is 64.0 Å². The Labute approximate surface area is 251 Å². The maximum Gasteiger partial charge on any atom is 0.303 e. The predicted octanol–water partition coefficient (Wildman–Crippen LogP) is -2.66. The standard InChI is InChI=1S/C27H48N8O8/c1-3-16(2)23-27(43)31-14-20(36)30-15-21(37)32-17(8-4-6-12-28)24(40)34-19(10-11-22(38)39)25(41)33-18(26(42)35-23)9-5-7-13-29/h16-19,23H,3-15,28-29H2,1-2H3,(H,30,36)(H,31,43)(H,32,37)(H,33,41)(H,34,40)(H,35,42)(H,38,39)/t16-,17-,18-,19-,23-/m0/s1. The highest BCUT2D eigenvalue weighted by Crippen LogP contribution is 2.11. The lowest BCUT2D eigenvalue weighted by Gasteiger charge is -2.28.